The minimum atomic E-state index is -6.44. The number of fused-ring (bicyclic) bond motifs is 11. The lowest BCUT2D eigenvalue weighted by molar-refractivity contribution is -0.570. The molecule has 6 heteroatoms. The van der Waals surface area contributed by atoms with E-state index in [0.29, 0.717) is 78.7 Å². The molecule has 4 heterocycles. The third-order valence-corrected chi connectivity index (χ3v) is 26.9. The molecule has 5 nitrogen and oxygen atoms in total. The van der Waals surface area contributed by atoms with Crippen molar-refractivity contribution in [3.63, 3.8) is 0 Å². The largest absolute Gasteiger partial charge is 0.458 e. The van der Waals surface area contributed by atoms with Gasteiger partial charge in [-0.15, -0.1) is 0 Å². The number of aromatic nitrogens is 4. The predicted molar refractivity (Wildman–Crippen MR) is 473 cm³/mol. The van der Waals surface area contributed by atoms with Gasteiger partial charge in [0.2, 0.25) is 0 Å². The van der Waals surface area contributed by atoms with Gasteiger partial charge in [-0.2, -0.15) is 0 Å². The van der Waals surface area contributed by atoms with Gasteiger partial charge in [0.15, 0.2) is 8.07 Å². The first-order chi connectivity index (χ1) is 64.0. The Bertz CT molecular complexity index is 7600. The molecular formula is C106H98N4OSi. The summed E-state index contributed by atoms with van der Waals surface area (Å²) in [4.78, 5) is 4.95. The third kappa shape index (κ3) is 12.2. The summed E-state index contributed by atoms with van der Waals surface area (Å²) in [6, 6.07) is 34.3. The molecule has 1 aliphatic heterocycles. The van der Waals surface area contributed by atoms with Gasteiger partial charge in [-0.05, 0) is 253 Å². The van der Waals surface area contributed by atoms with E-state index in [9.17, 15) is 30.2 Å². The van der Waals surface area contributed by atoms with E-state index in [2.05, 4.69) is 143 Å². The summed E-state index contributed by atoms with van der Waals surface area (Å²) in [6.07, 6.45) is 7.24. The van der Waals surface area contributed by atoms with E-state index in [1.54, 1.807) is 41.1 Å². The van der Waals surface area contributed by atoms with Crippen LogP contribution < -0.4 is 30.1 Å². The second-order valence-electron chi connectivity index (χ2n) is 34.1. The van der Waals surface area contributed by atoms with Crippen LogP contribution in [0.3, 0.4) is 0 Å². The molecule has 112 heavy (non-hydrogen) atoms. The number of benzene rings is 13. The van der Waals surface area contributed by atoms with Crippen LogP contribution in [0.2, 0.25) is 0 Å². The fourth-order valence-corrected chi connectivity index (χ4v) is 20.3. The van der Waals surface area contributed by atoms with E-state index in [1.165, 1.54) is 18.2 Å². The van der Waals surface area contributed by atoms with Crippen molar-refractivity contribution in [2.75, 3.05) is 0 Å². The Hall–Kier alpha value is -11.7. The first-order valence-electron chi connectivity index (χ1n) is 50.5. The van der Waals surface area contributed by atoms with Crippen LogP contribution >= 0.6 is 0 Å². The van der Waals surface area contributed by atoms with Gasteiger partial charge in [0.25, 0.3) is 6.33 Å². The number of nitrogens with zero attached hydrogens (tertiary/aromatic N) is 4. The summed E-state index contributed by atoms with van der Waals surface area (Å²) < 4.78 is 256. The number of para-hydroxylation sites is 1. The van der Waals surface area contributed by atoms with Crippen molar-refractivity contribution in [3.05, 3.63) is 342 Å². The first-order valence-corrected chi connectivity index (χ1v) is 40.0. The molecule has 18 rings (SSSR count). The Morgan fingerprint density at radius 2 is 0.991 bits per heavy atom. The Kier molecular flexibility index (Phi) is 11.7. The van der Waals surface area contributed by atoms with Gasteiger partial charge in [-0.3, -0.25) is 13.7 Å². The number of rotatable bonds is 11. The quantitative estimate of drug-likeness (QED) is 0.0560. The molecule has 0 fully saturated rings. The average Bonchev–Trinajstić information content (AvgIpc) is 1.13. The van der Waals surface area contributed by atoms with Crippen LogP contribution in [0.15, 0.2) is 297 Å². The van der Waals surface area contributed by atoms with Gasteiger partial charge in [0.05, 0.1) is 59.5 Å². The van der Waals surface area contributed by atoms with Gasteiger partial charge < -0.3 is 4.74 Å². The maximum absolute atomic E-state index is 11.4. The van der Waals surface area contributed by atoms with Gasteiger partial charge in [-0.25, -0.2) is 4.98 Å². The molecule has 0 spiro atoms. The molecule has 13 aromatic carbocycles. The molecule has 552 valence electrons. The highest BCUT2D eigenvalue weighted by atomic mass is 28.3. The molecule has 0 amide bonds. The van der Waals surface area contributed by atoms with Crippen LogP contribution in [-0.4, -0.2) is 22.2 Å². The number of hydrogen-bond donors (Lipinski definition) is 0. The molecule has 0 saturated carbocycles. The van der Waals surface area contributed by atoms with E-state index < -0.39 is 185 Å². The Labute approximate surface area is 697 Å². The van der Waals surface area contributed by atoms with E-state index >= 15 is 0 Å². The van der Waals surface area contributed by atoms with Crippen LogP contribution in [0, 0.1) is 20.0 Å². The Balaban J connectivity index is 1.06. The third-order valence-electron chi connectivity index (χ3n) is 22.9. The van der Waals surface area contributed by atoms with Crippen molar-refractivity contribution in [2.45, 2.75) is 144 Å². The fraction of sp³-hybridized carbons (Fsp3) is 0.208. The second kappa shape index (κ2) is 26.8. The standard InChI is InChI=1S/C106H98N4OSi/c1-68-32-29-33-69(2)99(68)73-58-88(72-54-75(103(6,7)8)61-76(55-72)104(9,10)11)100-92(59-73)90-66-94-93(105(12,13)51-52-106(94,14)15)65-89(90)84-44-25-26-45-85(84)91-57-71(70-34-30-43-83(56-70)112(80-37-19-16-20-38-80,81-39-21-17-22-40-81)82-41-23-18-24-42-82)60-97-101(91)109(100)67-108(97)77-35-31-36-78(63-77)111-79-48-49-87-86-46-27-28-47-95(86)110(96(87)64-79)98-62-74(50-53-107-98)102(3,4)5/h16-50,53-66H,51-52H2,1-15H3/i1D3,2D3,16D,17D,18D,19D,20D,21D,22D,23D,24D,30D,34D,37D,38D,39D,40D,41D,42D,43D,56D. The molecule has 0 bridgehead atoms. The van der Waals surface area contributed by atoms with Crippen LogP contribution in [-0.2, 0) is 27.1 Å². The van der Waals surface area contributed by atoms with Crippen LogP contribution in [0.5, 0.6) is 11.5 Å². The summed E-state index contributed by atoms with van der Waals surface area (Å²) >= 11 is 0. The van der Waals surface area contributed by atoms with Crippen molar-refractivity contribution in [1.82, 2.24) is 14.1 Å². The number of aryl methyl sites for hydroxylation is 2. The SMILES string of the molecule is [2H]c1c([2H])c([2H])c([Si](c2c([2H])c([2H])c([2H])c([2H])c2[2H])(c2c([2H])c([2H])c([2H])c([2H])c2[2H])c2c([2H])c([2H])c([2H])c(-c3cc4c5c(c3)n(-c3cccc(Oc6ccc7c8ccccc8n(-c8cc(C(C)(C)C)ccn8)c7c6)c3)[c-][n+]5-c3c(-c5cc(C(C)(C)C)cc(C(C)(C)C)c5)cc(-c5c(C([2H])([2H])[2H])cccc5C([2H])([2H])[2H])cc3-c3cc5c(cc3-c3ccccc3-4)C(C)(C)CCC5(C)C)c2[2H])c([2H])c1[2H]. The molecule has 0 atom stereocenters. The minimum absolute atomic E-state index is 0.0348. The fourth-order valence-electron chi connectivity index (χ4n) is 16.7. The highest BCUT2D eigenvalue weighted by Gasteiger charge is 2.43. The van der Waals surface area contributed by atoms with Crippen molar-refractivity contribution >= 4 is 61.7 Å². The monoisotopic (exact) mass is 1500 g/mol. The average molecular weight is 1500 g/mol. The summed E-state index contributed by atoms with van der Waals surface area (Å²) in [5.74, 6) is 1.40. The van der Waals surface area contributed by atoms with Crippen molar-refractivity contribution in [1.29, 1.82) is 0 Å². The predicted octanol–water partition coefficient (Wildman–Crippen LogP) is 24.5. The van der Waals surface area contributed by atoms with E-state index in [4.69, 9.17) is 13.8 Å². The summed E-state index contributed by atoms with van der Waals surface area (Å²) in [7, 11) is -6.44. The van der Waals surface area contributed by atoms with Crippen LogP contribution in [0.1, 0.15) is 176 Å². The van der Waals surface area contributed by atoms with Gasteiger partial charge in [-0.1, -0.05) is 302 Å². The molecule has 2 aliphatic rings. The molecule has 0 radical (unpaired) electrons. The zero-order valence-corrected chi connectivity index (χ0v) is 65.9. The lowest BCUT2D eigenvalue weighted by Crippen LogP contribution is -2.74. The lowest BCUT2D eigenvalue weighted by Gasteiger charge is -2.42. The molecular weight excluding hydrogens is 1370 g/mol. The molecule has 16 aromatic rings. The molecule has 1 aliphatic carbocycles. The summed E-state index contributed by atoms with van der Waals surface area (Å²) in [5, 5.41) is -2.08. The van der Waals surface area contributed by atoms with E-state index in [1.807, 2.05) is 89.5 Å². The minimum Gasteiger partial charge on any atom is -0.458 e. The lowest BCUT2D eigenvalue weighted by atomic mass is 9.62. The van der Waals surface area contributed by atoms with E-state index in [0.717, 1.165) is 62.5 Å². The number of imidazole rings is 1. The van der Waals surface area contributed by atoms with Crippen molar-refractivity contribution in [2.24, 2.45) is 0 Å². The van der Waals surface area contributed by atoms with Crippen molar-refractivity contribution < 1.29 is 43.6 Å². The number of hydrogen-bond acceptors (Lipinski definition) is 2. The topological polar surface area (TPSA) is 35.9 Å². The highest BCUT2D eigenvalue weighted by Crippen LogP contribution is 2.54. The molecule has 0 N–H and O–H groups in total. The molecule has 0 saturated heterocycles. The zero-order valence-electron chi connectivity index (χ0n) is 89.9. The van der Waals surface area contributed by atoms with Crippen LogP contribution in [0.4, 0.5) is 0 Å². The second-order valence-corrected chi connectivity index (χ2v) is 37.6. The normalized spacial score (nSPS) is 17.3. The van der Waals surface area contributed by atoms with Crippen LogP contribution in [0.25, 0.3) is 117 Å². The van der Waals surface area contributed by atoms with Gasteiger partial charge in [0.1, 0.15) is 17.3 Å². The maximum atomic E-state index is 11.4. The smallest absolute Gasteiger partial charge is 0.269 e. The number of ether oxygens (including phenoxy) is 1. The molecule has 0 unspecified atom stereocenters. The molecule has 3 aromatic heterocycles. The zero-order chi connectivity index (χ0) is 99.1. The maximum Gasteiger partial charge on any atom is 0.269 e. The van der Waals surface area contributed by atoms with Gasteiger partial charge in [0, 0.05) is 31.3 Å². The first kappa shape index (κ1) is 48.8. The van der Waals surface area contributed by atoms with E-state index in [-0.39, 0.29) is 38.7 Å². The Morgan fingerprint density at radius 3 is 1.62 bits per heavy atom. The van der Waals surface area contributed by atoms with Crippen molar-refractivity contribution in [3.8, 4) is 95.5 Å². The summed E-state index contributed by atoms with van der Waals surface area (Å²) in [5.41, 5.74) is 8.89. The highest BCUT2D eigenvalue weighted by molar-refractivity contribution is 7.20. The Morgan fingerprint density at radius 1 is 0.438 bits per heavy atom. The van der Waals surface area contributed by atoms with Gasteiger partial charge >= 0.3 is 0 Å². The number of pyridine rings is 1. The summed E-state index contributed by atoms with van der Waals surface area (Å²) in [6.45, 7) is 22.1.